The smallest absolute Gasteiger partial charge is 0.241 e. The fourth-order valence-corrected chi connectivity index (χ4v) is 2.52. The van der Waals surface area contributed by atoms with E-state index in [9.17, 15) is 9.90 Å². The zero-order valence-electron chi connectivity index (χ0n) is 11.1. The van der Waals surface area contributed by atoms with Crippen LogP contribution in [0, 0.1) is 5.92 Å². The molecule has 19 heavy (non-hydrogen) atoms. The van der Waals surface area contributed by atoms with Crippen LogP contribution in [0.5, 0.6) is 0 Å². The summed E-state index contributed by atoms with van der Waals surface area (Å²) >= 11 is 0. The van der Waals surface area contributed by atoms with E-state index < -0.39 is 6.04 Å². The highest BCUT2D eigenvalue weighted by Crippen LogP contribution is 2.23. The third kappa shape index (κ3) is 4.04. The minimum Gasteiger partial charge on any atom is -0.393 e. The second-order valence-electron chi connectivity index (χ2n) is 5.31. The Morgan fingerprint density at radius 3 is 2.53 bits per heavy atom. The van der Waals surface area contributed by atoms with Gasteiger partial charge >= 0.3 is 0 Å². The molecule has 0 heterocycles. The summed E-state index contributed by atoms with van der Waals surface area (Å²) in [6.45, 7) is 0.659. The van der Waals surface area contributed by atoms with Crippen LogP contribution < -0.4 is 11.1 Å². The number of rotatable bonds is 4. The molecule has 1 aromatic carbocycles. The van der Waals surface area contributed by atoms with Crippen molar-refractivity contribution in [1.29, 1.82) is 0 Å². The van der Waals surface area contributed by atoms with E-state index in [1.165, 1.54) is 0 Å². The Morgan fingerprint density at radius 2 is 1.89 bits per heavy atom. The number of aliphatic hydroxyl groups excluding tert-OH is 1. The van der Waals surface area contributed by atoms with Gasteiger partial charge in [0, 0.05) is 6.54 Å². The molecule has 104 valence electrons. The molecule has 1 saturated carbocycles. The molecule has 1 unspecified atom stereocenters. The van der Waals surface area contributed by atoms with Gasteiger partial charge < -0.3 is 16.2 Å². The summed E-state index contributed by atoms with van der Waals surface area (Å²) in [5, 5.41) is 12.4. The Kier molecular flexibility index (Phi) is 4.93. The van der Waals surface area contributed by atoms with E-state index in [4.69, 9.17) is 5.73 Å². The molecule has 1 fully saturated rings. The maximum Gasteiger partial charge on any atom is 0.241 e. The molecule has 1 amide bonds. The Hall–Kier alpha value is -1.39. The van der Waals surface area contributed by atoms with Gasteiger partial charge in [0.1, 0.15) is 6.04 Å². The van der Waals surface area contributed by atoms with Gasteiger partial charge in [-0.2, -0.15) is 0 Å². The molecule has 0 bridgehead atoms. The Bertz CT molecular complexity index is 400. The van der Waals surface area contributed by atoms with Crippen LogP contribution in [-0.4, -0.2) is 23.7 Å². The fourth-order valence-electron chi connectivity index (χ4n) is 2.52. The molecular weight excluding hydrogens is 240 g/mol. The summed E-state index contributed by atoms with van der Waals surface area (Å²) in [5.74, 6) is 0.340. The molecule has 0 saturated heterocycles. The van der Waals surface area contributed by atoms with Crippen molar-refractivity contribution in [3.63, 3.8) is 0 Å². The van der Waals surface area contributed by atoms with E-state index in [0.29, 0.717) is 12.5 Å². The van der Waals surface area contributed by atoms with Crippen LogP contribution >= 0.6 is 0 Å². The molecule has 0 spiro atoms. The Labute approximate surface area is 114 Å². The van der Waals surface area contributed by atoms with Gasteiger partial charge in [0.2, 0.25) is 5.91 Å². The molecule has 0 aliphatic heterocycles. The van der Waals surface area contributed by atoms with Crippen LogP contribution in [0.15, 0.2) is 30.3 Å². The van der Waals surface area contributed by atoms with Crippen LogP contribution in [-0.2, 0) is 4.79 Å². The summed E-state index contributed by atoms with van der Waals surface area (Å²) in [5.41, 5.74) is 6.76. The van der Waals surface area contributed by atoms with Crippen molar-refractivity contribution in [3.8, 4) is 0 Å². The fraction of sp³-hybridized carbons (Fsp3) is 0.533. The van der Waals surface area contributed by atoms with Gasteiger partial charge in [0.25, 0.3) is 0 Å². The van der Waals surface area contributed by atoms with Crippen molar-refractivity contribution >= 4 is 5.91 Å². The SMILES string of the molecule is NC(C(=O)NCC1CCC(O)CC1)c1ccccc1. The van der Waals surface area contributed by atoms with E-state index in [0.717, 1.165) is 31.2 Å². The van der Waals surface area contributed by atoms with E-state index >= 15 is 0 Å². The summed E-state index contributed by atoms with van der Waals surface area (Å²) < 4.78 is 0. The zero-order chi connectivity index (χ0) is 13.7. The number of hydrogen-bond donors (Lipinski definition) is 3. The lowest BCUT2D eigenvalue weighted by atomic mass is 9.87. The number of nitrogens with two attached hydrogens (primary N) is 1. The van der Waals surface area contributed by atoms with Gasteiger partial charge in [-0.15, -0.1) is 0 Å². The third-order valence-electron chi connectivity index (χ3n) is 3.82. The molecule has 1 aliphatic carbocycles. The van der Waals surface area contributed by atoms with Crippen LogP contribution in [0.3, 0.4) is 0 Å². The highest BCUT2D eigenvalue weighted by molar-refractivity contribution is 5.82. The zero-order valence-corrected chi connectivity index (χ0v) is 11.1. The Balaban J connectivity index is 1.78. The van der Waals surface area contributed by atoms with Crippen molar-refractivity contribution < 1.29 is 9.90 Å². The number of hydrogen-bond acceptors (Lipinski definition) is 3. The predicted octanol–water partition coefficient (Wildman–Crippen LogP) is 1.35. The van der Waals surface area contributed by atoms with Gasteiger partial charge in [-0.3, -0.25) is 4.79 Å². The molecule has 4 heteroatoms. The first-order valence-electron chi connectivity index (χ1n) is 6.93. The molecule has 1 aromatic rings. The maximum atomic E-state index is 12.0. The monoisotopic (exact) mass is 262 g/mol. The van der Waals surface area contributed by atoms with Crippen LogP contribution in [0.4, 0.5) is 0 Å². The van der Waals surface area contributed by atoms with E-state index in [1.54, 1.807) is 0 Å². The lowest BCUT2D eigenvalue weighted by molar-refractivity contribution is -0.122. The van der Waals surface area contributed by atoms with Crippen molar-refractivity contribution in [2.24, 2.45) is 11.7 Å². The van der Waals surface area contributed by atoms with Gasteiger partial charge in [-0.1, -0.05) is 30.3 Å². The minimum atomic E-state index is -0.601. The van der Waals surface area contributed by atoms with Crippen LogP contribution in [0.2, 0.25) is 0 Å². The molecule has 1 aliphatic rings. The lowest BCUT2D eigenvalue weighted by Crippen LogP contribution is -2.38. The third-order valence-corrected chi connectivity index (χ3v) is 3.82. The number of carbonyl (C=O) groups is 1. The van der Waals surface area contributed by atoms with Crippen molar-refractivity contribution in [2.45, 2.75) is 37.8 Å². The topological polar surface area (TPSA) is 75.4 Å². The molecular formula is C15H22N2O2. The van der Waals surface area contributed by atoms with E-state index in [-0.39, 0.29) is 12.0 Å². The largest absolute Gasteiger partial charge is 0.393 e. The summed E-state index contributed by atoms with van der Waals surface area (Å²) in [4.78, 5) is 12.0. The van der Waals surface area contributed by atoms with Gasteiger partial charge in [0.15, 0.2) is 0 Å². The average molecular weight is 262 g/mol. The number of aliphatic hydroxyl groups is 1. The number of nitrogens with one attached hydrogen (secondary N) is 1. The van der Waals surface area contributed by atoms with Gasteiger partial charge in [-0.25, -0.2) is 0 Å². The molecule has 0 radical (unpaired) electrons. The Morgan fingerprint density at radius 1 is 1.26 bits per heavy atom. The maximum absolute atomic E-state index is 12.0. The van der Waals surface area contributed by atoms with Gasteiger partial charge in [-0.05, 0) is 37.2 Å². The van der Waals surface area contributed by atoms with Crippen molar-refractivity contribution in [3.05, 3.63) is 35.9 Å². The molecule has 1 atom stereocenters. The van der Waals surface area contributed by atoms with Gasteiger partial charge in [0.05, 0.1) is 6.10 Å². The highest BCUT2D eigenvalue weighted by Gasteiger charge is 2.21. The standard InChI is InChI=1S/C15H22N2O2/c16-14(12-4-2-1-3-5-12)15(19)17-10-11-6-8-13(18)9-7-11/h1-5,11,13-14,18H,6-10,16H2,(H,17,19). The van der Waals surface area contributed by atoms with E-state index in [2.05, 4.69) is 5.32 Å². The van der Waals surface area contributed by atoms with Crippen LogP contribution in [0.1, 0.15) is 37.3 Å². The number of benzene rings is 1. The normalized spacial score (nSPS) is 24.7. The van der Waals surface area contributed by atoms with Crippen LogP contribution in [0.25, 0.3) is 0 Å². The quantitative estimate of drug-likeness (QED) is 0.766. The van der Waals surface area contributed by atoms with Crippen molar-refractivity contribution in [2.75, 3.05) is 6.54 Å². The first kappa shape index (κ1) is 14.0. The summed E-state index contributed by atoms with van der Waals surface area (Å²) in [6.07, 6.45) is 3.47. The number of carbonyl (C=O) groups excluding carboxylic acids is 1. The highest BCUT2D eigenvalue weighted by atomic mass is 16.3. The molecule has 4 nitrogen and oxygen atoms in total. The average Bonchev–Trinajstić information content (AvgIpc) is 2.46. The molecule has 4 N–H and O–H groups in total. The summed E-state index contributed by atoms with van der Waals surface area (Å²) in [7, 11) is 0. The van der Waals surface area contributed by atoms with Crippen molar-refractivity contribution in [1.82, 2.24) is 5.32 Å². The van der Waals surface area contributed by atoms with E-state index in [1.807, 2.05) is 30.3 Å². The minimum absolute atomic E-state index is 0.127. The first-order chi connectivity index (χ1) is 9.16. The first-order valence-corrected chi connectivity index (χ1v) is 6.93. The molecule has 0 aromatic heterocycles. The second-order valence-corrected chi connectivity index (χ2v) is 5.31. The lowest BCUT2D eigenvalue weighted by Gasteiger charge is -2.26. The molecule has 2 rings (SSSR count). The number of amides is 1. The predicted molar refractivity (Wildman–Crippen MR) is 74.3 cm³/mol. The second kappa shape index (κ2) is 6.68. The summed E-state index contributed by atoms with van der Waals surface area (Å²) in [6, 6.07) is 8.79.